The molecule has 0 atom stereocenters. The summed E-state index contributed by atoms with van der Waals surface area (Å²) in [6, 6.07) is 12.7. The number of Topliss-reactive ketones (excluding diaryl/α,β-unsaturated/α-hetero) is 1. The van der Waals surface area contributed by atoms with E-state index in [0.29, 0.717) is 11.4 Å². The lowest BCUT2D eigenvalue weighted by Crippen LogP contribution is -2.24. The average molecular weight is 408 g/mol. The zero-order chi connectivity index (χ0) is 21.8. The molecule has 0 spiro atoms. The Bertz CT molecular complexity index is 1130. The molecule has 1 heterocycles. The van der Waals surface area contributed by atoms with Crippen molar-refractivity contribution in [2.75, 3.05) is 11.9 Å². The van der Waals surface area contributed by atoms with E-state index in [0.717, 1.165) is 5.56 Å². The van der Waals surface area contributed by atoms with Crippen molar-refractivity contribution in [2.24, 2.45) is 0 Å². The van der Waals surface area contributed by atoms with Crippen molar-refractivity contribution < 1.29 is 23.5 Å². The van der Waals surface area contributed by atoms with Crippen LogP contribution in [0.2, 0.25) is 0 Å². The molecule has 3 aromatic rings. The van der Waals surface area contributed by atoms with Crippen LogP contribution in [0.1, 0.15) is 39.0 Å². The van der Waals surface area contributed by atoms with E-state index in [9.17, 15) is 18.8 Å². The summed E-state index contributed by atoms with van der Waals surface area (Å²) in [6.07, 6.45) is 0. The van der Waals surface area contributed by atoms with Crippen molar-refractivity contribution in [1.29, 1.82) is 0 Å². The van der Waals surface area contributed by atoms with Gasteiger partial charge in [0.05, 0.1) is 12.2 Å². The first-order valence-corrected chi connectivity index (χ1v) is 9.41. The van der Waals surface area contributed by atoms with Gasteiger partial charge in [0, 0.05) is 22.5 Å². The molecule has 2 N–H and O–H groups in total. The third-order valence-corrected chi connectivity index (χ3v) is 4.64. The van der Waals surface area contributed by atoms with Crippen molar-refractivity contribution in [3.63, 3.8) is 0 Å². The van der Waals surface area contributed by atoms with Crippen molar-refractivity contribution in [3.8, 4) is 11.1 Å². The third-order valence-electron chi connectivity index (χ3n) is 4.64. The predicted octanol–water partition coefficient (Wildman–Crippen LogP) is 4.44. The number of amides is 1. The van der Waals surface area contributed by atoms with Gasteiger partial charge in [-0.05, 0) is 38.5 Å². The number of anilines is 1. The highest BCUT2D eigenvalue weighted by Crippen LogP contribution is 2.33. The second kappa shape index (κ2) is 8.73. The Morgan fingerprint density at radius 3 is 2.37 bits per heavy atom. The fraction of sp³-hybridized carbons (Fsp3) is 0.174. The number of nitrogens with one attached hydrogen (secondary N) is 2. The van der Waals surface area contributed by atoms with Gasteiger partial charge in [-0.15, -0.1) is 0 Å². The van der Waals surface area contributed by atoms with Gasteiger partial charge < -0.3 is 15.0 Å². The summed E-state index contributed by atoms with van der Waals surface area (Å²) < 4.78 is 19.7. The second-order valence-electron chi connectivity index (χ2n) is 6.67. The number of hydrogen-bond acceptors (Lipinski definition) is 4. The molecule has 7 heteroatoms. The Kier molecular flexibility index (Phi) is 6.11. The maximum absolute atomic E-state index is 14.6. The minimum Gasteiger partial charge on any atom is -0.462 e. The summed E-state index contributed by atoms with van der Waals surface area (Å²) in [5.41, 5.74) is 1.45. The third kappa shape index (κ3) is 4.00. The molecule has 1 aromatic heterocycles. The van der Waals surface area contributed by atoms with Crippen LogP contribution < -0.4 is 5.32 Å². The van der Waals surface area contributed by atoms with Crippen molar-refractivity contribution in [1.82, 2.24) is 4.98 Å². The van der Waals surface area contributed by atoms with Gasteiger partial charge in [-0.2, -0.15) is 0 Å². The Hall–Kier alpha value is -3.74. The van der Waals surface area contributed by atoms with Crippen LogP contribution in [0.4, 0.5) is 10.1 Å². The summed E-state index contributed by atoms with van der Waals surface area (Å²) in [4.78, 5) is 41.0. The maximum Gasteiger partial charge on any atom is 0.340 e. The van der Waals surface area contributed by atoms with Gasteiger partial charge in [0.1, 0.15) is 11.5 Å². The molecule has 0 aliphatic carbocycles. The van der Waals surface area contributed by atoms with Gasteiger partial charge in [-0.25, -0.2) is 9.18 Å². The lowest BCUT2D eigenvalue weighted by atomic mass is 9.97. The highest BCUT2D eigenvalue weighted by atomic mass is 19.1. The van der Waals surface area contributed by atoms with E-state index in [1.165, 1.54) is 18.2 Å². The van der Waals surface area contributed by atoms with Gasteiger partial charge in [0.2, 0.25) is 0 Å². The molecule has 0 aliphatic heterocycles. The molecule has 154 valence electrons. The van der Waals surface area contributed by atoms with E-state index < -0.39 is 23.5 Å². The predicted molar refractivity (Wildman–Crippen MR) is 111 cm³/mol. The molecule has 6 nitrogen and oxygen atoms in total. The van der Waals surface area contributed by atoms with E-state index >= 15 is 0 Å². The minimum absolute atomic E-state index is 0.00832. The van der Waals surface area contributed by atoms with Gasteiger partial charge in [0.25, 0.3) is 11.7 Å². The summed E-state index contributed by atoms with van der Waals surface area (Å²) >= 11 is 0. The largest absolute Gasteiger partial charge is 0.462 e. The van der Waals surface area contributed by atoms with Crippen LogP contribution in [0.15, 0.2) is 48.5 Å². The van der Waals surface area contributed by atoms with E-state index in [-0.39, 0.29) is 29.0 Å². The number of carbonyl (C=O) groups is 3. The van der Waals surface area contributed by atoms with Crippen LogP contribution in [0.3, 0.4) is 0 Å². The molecule has 0 saturated heterocycles. The number of carbonyl (C=O) groups excluding carboxylic acids is 3. The molecule has 0 saturated carbocycles. The van der Waals surface area contributed by atoms with E-state index in [1.807, 2.05) is 6.07 Å². The Balaban J connectivity index is 2.10. The standard InChI is InChI=1S/C23H21FN2O4/c1-4-30-23(29)18-14(3)25-20(19(18)15-10-6-7-11-16(15)24)21(27)22(28)26-17-12-8-5-9-13(17)2/h5-12,25H,4H2,1-3H3,(H,26,28). The quantitative estimate of drug-likeness (QED) is 0.359. The zero-order valence-electron chi connectivity index (χ0n) is 16.8. The van der Waals surface area contributed by atoms with Crippen LogP contribution in [-0.4, -0.2) is 29.3 Å². The van der Waals surface area contributed by atoms with E-state index in [4.69, 9.17) is 4.74 Å². The Labute approximate surface area is 173 Å². The lowest BCUT2D eigenvalue weighted by Gasteiger charge is -2.10. The topological polar surface area (TPSA) is 88.3 Å². The first-order valence-electron chi connectivity index (χ1n) is 9.41. The second-order valence-corrected chi connectivity index (χ2v) is 6.67. The van der Waals surface area contributed by atoms with Crippen molar-refractivity contribution >= 4 is 23.3 Å². The fourth-order valence-corrected chi connectivity index (χ4v) is 3.19. The average Bonchev–Trinajstić information content (AvgIpc) is 3.06. The van der Waals surface area contributed by atoms with Gasteiger partial charge in [0.15, 0.2) is 0 Å². The Morgan fingerprint density at radius 1 is 1.03 bits per heavy atom. The highest BCUT2D eigenvalue weighted by molar-refractivity contribution is 6.47. The number of aromatic nitrogens is 1. The van der Waals surface area contributed by atoms with Crippen LogP contribution >= 0.6 is 0 Å². The Morgan fingerprint density at radius 2 is 1.70 bits per heavy atom. The molecule has 30 heavy (non-hydrogen) atoms. The van der Waals surface area contributed by atoms with Crippen molar-refractivity contribution in [3.05, 3.63) is 76.9 Å². The number of aromatic amines is 1. The molecular weight excluding hydrogens is 387 g/mol. The number of halogens is 1. The molecule has 0 radical (unpaired) electrons. The molecule has 1 amide bonds. The molecule has 0 aliphatic rings. The van der Waals surface area contributed by atoms with E-state index in [1.54, 1.807) is 45.0 Å². The van der Waals surface area contributed by atoms with Gasteiger partial charge >= 0.3 is 5.97 Å². The van der Waals surface area contributed by atoms with Crippen LogP contribution in [0, 0.1) is 19.7 Å². The smallest absolute Gasteiger partial charge is 0.340 e. The number of esters is 1. The molecule has 2 aromatic carbocycles. The molecular formula is C23H21FN2O4. The zero-order valence-corrected chi connectivity index (χ0v) is 16.8. The number of para-hydroxylation sites is 1. The number of ketones is 1. The van der Waals surface area contributed by atoms with E-state index in [2.05, 4.69) is 10.3 Å². The molecule has 3 rings (SSSR count). The summed E-state index contributed by atoms with van der Waals surface area (Å²) in [5, 5.41) is 2.57. The SMILES string of the molecule is CCOC(=O)c1c(C)[nH]c(C(=O)C(=O)Nc2ccccc2C)c1-c1ccccc1F. The van der Waals surface area contributed by atoms with Gasteiger partial charge in [-0.1, -0.05) is 36.4 Å². The number of hydrogen-bond donors (Lipinski definition) is 2. The normalized spacial score (nSPS) is 10.5. The van der Waals surface area contributed by atoms with Crippen LogP contribution in [-0.2, 0) is 9.53 Å². The lowest BCUT2D eigenvalue weighted by molar-refractivity contribution is -0.112. The molecule has 0 unspecified atom stereocenters. The van der Waals surface area contributed by atoms with Crippen LogP contribution in [0.5, 0.6) is 0 Å². The number of H-pyrrole nitrogens is 1. The summed E-state index contributed by atoms with van der Waals surface area (Å²) in [7, 11) is 0. The molecule has 0 fully saturated rings. The maximum atomic E-state index is 14.6. The first kappa shape index (κ1) is 21.0. The monoisotopic (exact) mass is 408 g/mol. The van der Waals surface area contributed by atoms with Crippen LogP contribution in [0.25, 0.3) is 11.1 Å². The summed E-state index contributed by atoms with van der Waals surface area (Å²) in [5.74, 6) is -3.16. The van der Waals surface area contributed by atoms with Crippen molar-refractivity contribution in [2.45, 2.75) is 20.8 Å². The van der Waals surface area contributed by atoms with Gasteiger partial charge in [-0.3, -0.25) is 9.59 Å². The summed E-state index contributed by atoms with van der Waals surface area (Å²) in [6.45, 7) is 5.11. The fourth-order valence-electron chi connectivity index (χ4n) is 3.19. The number of benzene rings is 2. The minimum atomic E-state index is -0.921. The first-order chi connectivity index (χ1) is 14.3. The number of aryl methyl sites for hydroxylation is 2. The molecule has 0 bridgehead atoms. The highest BCUT2D eigenvalue weighted by Gasteiger charge is 2.31. The number of rotatable bonds is 6. The number of ether oxygens (including phenoxy) is 1.